The van der Waals surface area contributed by atoms with E-state index in [9.17, 15) is 9.59 Å². The topological polar surface area (TPSA) is 40.6 Å². The lowest BCUT2D eigenvalue weighted by Crippen LogP contribution is -2.34. The van der Waals surface area contributed by atoms with Gasteiger partial charge in [-0.2, -0.15) is 0 Å². The van der Waals surface area contributed by atoms with Crippen molar-refractivity contribution in [2.45, 2.75) is 79.1 Å². The fourth-order valence-corrected chi connectivity index (χ4v) is 7.12. The largest absolute Gasteiger partial charge is 0.307 e. The summed E-state index contributed by atoms with van der Waals surface area (Å²) >= 11 is 3.18. The number of fused-ring (bicyclic) bond motifs is 2. The molecule has 2 aromatic rings. The number of hydrogen-bond acceptors (Lipinski definition) is 4. The number of rotatable bonds is 12. The third-order valence-electron chi connectivity index (χ3n) is 7.46. The molecular weight excluding hydrogens is 460 g/mol. The van der Waals surface area contributed by atoms with E-state index >= 15 is 0 Å². The fraction of sp³-hybridized carbons (Fsp3) is 0.571. The van der Waals surface area contributed by atoms with E-state index < -0.39 is 0 Å². The van der Waals surface area contributed by atoms with Crippen molar-refractivity contribution in [1.82, 2.24) is 0 Å². The summed E-state index contributed by atoms with van der Waals surface area (Å²) in [5, 5.41) is 4.12. The van der Waals surface area contributed by atoms with Crippen molar-refractivity contribution in [3.8, 4) is 0 Å². The molecule has 0 N–H and O–H groups in total. The van der Waals surface area contributed by atoms with E-state index in [4.69, 9.17) is 0 Å². The molecule has 0 saturated carbocycles. The quantitative estimate of drug-likeness (QED) is 0.280. The molecule has 34 heavy (non-hydrogen) atoms. The Morgan fingerprint density at radius 2 is 1.12 bits per heavy atom. The number of unbranched alkanes of at least 4 members (excludes halogenated alkanes) is 2. The van der Waals surface area contributed by atoms with Crippen LogP contribution in [0.15, 0.2) is 22.9 Å². The lowest BCUT2D eigenvalue weighted by atomic mass is 9.98. The van der Waals surface area contributed by atoms with E-state index in [-0.39, 0.29) is 11.8 Å². The molecule has 4 rings (SSSR count). The molecule has 2 aromatic heterocycles. The van der Waals surface area contributed by atoms with Gasteiger partial charge in [0.15, 0.2) is 0 Å². The second kappa shape index (κ2) is 11.2. The van der Waals surface area contributed by atoms with Crippen LogP contribution in [-0.4, -0.2) is 24.9 Å². The lowest BCUT2D eigenvalue weighted by Gasteiger charge is -2.23. The van der Waals surface area contributed by atoms with Gasteiger partial charge in [-0.1, -0.05) is 66.2 Å². The molecule has 0 fully saturated rings. The minimum atomic E-state index is 0.0133. The highest BCUT2D eigenvalue weighted by Gasteiger charge is 2.44. The molecule has 0 bridgehead atoms. The first-order chi connectivity index (χ1) is 16.5. The van der Waals surface area contributed by atoms with Crippen LogP contribution in [0.1, 0.15) is 88.8 Å². The van der Waals surface area contributed by atoms with Gasteiger partial charge in [0.05, 0.1) is 32.3 Å². The van der Waals surface area contributed by atoms with Gasteiger partial charge in [-0.15, -0.1) is 22.7 Å². The van der Waals surface area contributed by atoms with Gasteiger partial charge in [0.25, 0.3) is 11.8 Å². The molecule has 0 aliphatic carbocycles. The number of nitrogens with zero attached hydrogens (tertiary/aromatic N) is 2. The molecule has 2 aliphatic rings. The molecule has 6 heteroatoms. The van der Waals surface area contributed by atoms with Gasteiger partial charge in [0.1, 0.15) is 0 Å². The average Bonchev–Trinajstić information content (AvgIpc) is 3.60. The molecule has 2 aliphatic heterocycles. The van der Waals surface area contributed by atoms with E-state index in [2.05, 4.69) is 50.6 Å². The zero-order chi connectivity index (χ0) is 24.2. The molecule has 4 heterocycles. The summed E-state index contributed by atoms with van der Waals surface area (Å²) in [4.78, 5) is 33.5. The van der Waals surface area contributed by atoms with Gasteiger partial charge in [0.2, 0.25) is 0 Å². The summed E-state index contributed by atoms with van der Waals surface area (Å²) in [6.07, 6.45) is 9.12. The normalized spacial score (nSPS) is 19.2. The molecule has 0 radical (unpaired) electrons. The zero-order valence-corrected chi connectivity index (χ0v) is 22.7. The Balaban J connectivity index is 1.68. The first-order valence-corrected chi connectivity index (χ1v) is 14.8. The van der Waals surface area contributed by atoms with E-state index in [1.54, 1.807) is 22.7 Å². The Bertz CT molecular complexity index is 968. The smallest absolute Gasteiger partial charge is 0.260 e. The average molecular weight is 499 g/mol. The predicted octanol–water partition coefficient (Wildman–Crippen LogP) is 7.85. The Morgan fingerprint density at radius 3 is 1.47 bits per heavy atom. The Labute approximate surface area is 212 Å². The van der Waals surface area contributed by atoms with Gasteiger partial charge < -0.3 is 9.80 Å². The maximum atomic E-state index is 13.8. The summed E-state index contributed by atoms with van der Waals surface area (Å²) in [5.41, 5.74) is 3.25. The number of amides is 2. The summed E-state index contributed by atoms with van der Waals surface area (Å²) in [6, 6.07) is 4.12. The van der Waals surface area contributed by atoms with Crippen molar-refractivity contribution in [3.05, 3.63) is 32.6 Å². The Kier molecular flexibility index (Phi) is 8.30. The van der Waals surface area contributed by atoms with E-state index in [1.807, 2.05) is 9.80 Å². The number of thiophene rings is 2. The minimum absolute atomic E-state index is 0.0133. The van der Waals surface area contributed by atoms with Crippen LogP contribution in [-0.2, 0) is 9.59 Å². The van der Waals surface area contributed by atoms with E-state index in [1.165, 1.54) is 25.7 Å². The summed E-state index contributed by atoms with van der Waals surface area (Å²) in [6.45, 7) is 10.3. The molecule has 0 saturated heterocycles. The van der Waals surface area contributed by atoms with E-state index in [0.717, 1.165) is 59.9 Å². The Hall–Kier alpha value is -1.92. The number of carbonyl (C=O) groups excluding carboxylic acids is 2. The molecule has 2 amide bonds. The number of hydrogen-bond donors (Lipinski definition) is 0. The molecule has 0 aromatic carbocycles. The van der Waals surface area contributed by atoms with Crippen LogP contribution < -0.4 is 9.80 Å². The van der Waals surface area contributed by atoms with Crippen molar-refractivity contribution < 1.29 is 9.59 Å². The first kappa shape index (κ1) is 25.2. The van der Waals surface area contributed by atoms with Crippen molar-refractivity contribution >= 4 is 57.0 Å². The number of anilines is 2. The molecule has 184 valence electrons. The second-order valence-electron chi connectivity index (χ2n) is 9.68. The third kappa shape index (κ3) is 4.64. The summed E-state index contributed by atoms with van der Waals surface area (Å²) in [5.74, 6) is 0.995. The van der Waals surface area contributed by atoms with Crippen molar-refractivity contribution in [2.24, 2.45) is 11.8 Å². The monoisotopic (exact) mass is 498 g/mol. The minimum Gasteiger partial charge on any atom is -0.307 e. The lowest BCUT2D eigenvalue weighted by molar-refractivity contribution is -0.114. The van der Waals surface area contributed by atoms with Gasteiger partial charge in [0, 0.05) is 13.1 Å². The maximum absolute atomic E-state index is 13.8. The van der Waals surface area contributed by atoms with Crippen LogP contribution in [0.2, 0.25) is 0 Å². The summed E-state index contributed by atoms with van der Waals surface area (Å²) < 4.78 is 0. The molecule has 4 nitrogen and oxygen atoms in total. The first-order valence-electron chi connectivity index (χ1n) is 13.1. The molecule has 2 unspecified atom stereocenters. The molecular formula is C28H38N2O2S2. The summed E-state index contributed by atoms with van der Waals surface area (Å²) in [7, 11) is 0. The van der Waals surface area contributed by atoms with Crippen LogP contribution in [0.5, 0.6) is 0 Å². The predicted molar refractivity (Wildman–Crippen MR) is 147 cm³/mol. The zero-order valence-electron chi connectivity index (χ0n) is 21.1. The highest BCUT2D eigenvalue weighted by Crippen LogP contribution is 2.50. The standard InChI is InChI=1S/C28H38N2O2S2/c1-5-9-11-19(7-3)17-29-21-13-15-33-25(21)23(27(29)31)24-26-22(14-16-34-26)30(28(24)32)18-20(8-4)12-10-6-2/h13-16,19-20H,5-12,17-18H2,1-4H3. The maximum Gasteiger partial charge on any atom is 0.260 e. The Morgan fingerprint density at radius 1 is 0.706 bits per heavy atom. The van der Waals surface area contributed by atoms with Crippen LogP contribution in [0, 0.1) is 11.8 Å². The number of carbonyl (C=O) groups is 2. The highest BCUT2D eigenvalue weighted by molar-refractivity contribution is 7.14. The van der Waals surface area contributed by atoms with Gasteiger partial charge >= 0.3 is 0 Å². The van der Waals surface area contributed by atoms with E-state index in [0.29, 0.717) is 23.0 Å². The molecule has 2 atom stereocenters. The van der Waals surface area contributed by atoms with Crippen LogP contribution >= 0.6 is 22.7 Å². The van der Waals surface area contributed by atoms with Crippen molar-refractivity contribution in [3.63, 3.8) is 0 Å². The highest BCUT2D eigenvalue weighted by atomic mass is 32.1. The van der Waals surface area contributed by atoms with Gasteiger partial charge in [-0.25, -0.2) is 0 Å². The second-order valence-corrected chi connectivity index (χ2v) is 11.5. The van der Waals surface area contributed by atoms with Crippen molar-refractivity contribution in [1.29, 1.82) is 0 Å². The van der Waals surface area contributed by atoms with Crippen LogP contribution in [0.3, 0.4) is 0 Å². The van der Waals surface area contributed by atoms with Crippen molar-refractivity contribution in [2.75, 3.05) is 22.9 Å². The van der Waals surface area contributed by atoms with Gasteiger partial charge in [-0.05, 0) is 47.6 Å². The van der Waals surface area contributed by atoms with Crippen LogP contribution in [0.4, 0.5) is 11.4 Å². The third-order valence-corrected chi connectivity index (χ3v) is 9.30. The van der Waals surface area contributed by atoms with Crippen LogP contribution in [0.25, 0.3) is 11.1 Å². The molecule has 0 spiro atoms. The fourth-order valence-electron chi connectivity index (χ4n) is 5.24. The van der Waals surface area contributed by atoms with Gasteiger partial charge in [-0.3, -0.25) is 9.59 Å². The SMILES string of the molecule is CCCCC(CC)CN1C(=O)C(=C2C(=O)N(CC(CC)CCCC)c3ccsc32)c2sccc21.